The summed E-state index contributed by atoms with van der Waals surface area (Å²) in [6.07, 6.45) is 1.56. The molecule has 0 saturated carbocycles. The zero-order chi connectivity index (χ0) is 18.0. The first-order chi connectivity index (χ1) is 12.0. The molecule has 0 unspecified atom stereocenters. The molecule has 0 aliphatic rings. The van der Waals surface area contributed by atoms with E-state index in [-0.39, 0.29) is 28.5 Å². The number of fused-ring (bicyclic) bond motifs is 1. The number of allylic oxidation sites excluding steroid dienone is 1. The highest BCUT2D eigenvalue weighted by atomic mass is 79.9. The predicted molar refractivity (Wildman–Crippen MR) is 98.2 cm³/mol. The van der Waals surface area contributed by atoms with E-state index >= 15 is 0 Å². The van der Waals surface area contributed by atoms with Crippen LogP contribution >= 0.6 is 15.9 Å². The van der Waals surface area contributed by atoms with Gasteiger partial charge in [-0.1, -0.05) is 12.1 Å². The van der Waals surface area contributed by atoms with Crippen LogP contribution < -0.4 is 10.3 Å². The van der Waals surface area contributed by atoms with Gasteiger partial charge in [-0.05, 0) is 51.8 Å². The third-order valence-corrected chi connectivity index (χ3v) is 4.17. The second-order valence-corrected chi connectivity index (χ2v) is 6.01. The number of nitrogens with one attached hydrogen (secondary N) is 1. The van der Waals surface area contributed by atoms with Crippen molar-refractivity contribution in [2.75, 3.05) is 7.11 Å². The number of phenolic OH excluding ortho intramolecular Hbond substituents is 1. The maximum Gasteiger partial charge on any atom is 0.259 e. The fourth-order valence-corrected chi connectivity index (χ4v) is 2.83. The van der Waals surface area contributed by atoms with Crippen LogP contribution in [0, 0.1) is 11.3 Å². The van der Waals surface area contributed by atoms with E-state index < -0.39 is 0 Å². The van der Waals surface area contributed by atoms with Crippen LogP contribution in [0.4, 0.5) is 0 Å². The average molecular weight is 398 g/mol. The minimum absolute atomic E-state index is 0.0320. The van der Waals surface area contributed by atoms with Crippen LogP contribution in [0.3, 0.4) is 0 Å². The van der Waals surface area contributed by atoms with Crippen LogP contribution in [-0.4, -0.2) is 22.2 Å². The van der Waals surface area contributed by atoms with Gasteiger partial charge < -0.3 is 14.8 Å². The maximum atomic E-state index is 12.2. The summed E-state index contributed by atoms with van der Waals surface area (Å²) in [4.78, 5) is 19.2. The molecule has 0 atom stereocenters. The Morgan fingerprint density at radius 1 is 1.40 bits per heavy atom. The molecule has 0 radical (unpaired) electrons. The summed E-state index contributed by atoms with van der Waals surface area (Å²) < 4.78 is 5.52. The van der Waals surface area contributed by atoms with Crippen molar-refractivity contribution in [3.05, 3.63) is 62.6 Å². The maximum absolute atomic E-state index is 12.2. The number of hydrogen-bond acceptors (Lipinski definition) is 5. The second-order valence-electron chi connectivity index (χ2n) is 5.16. The first-order valence-corrected chi connectivity index (χ1v) is 8.00. The molecule has 3 aromatic rings. The molecule has 2 aromatic carbocycles. The number of aromatic nitrogens is 2. The van der Waals surface area contributed by atoms with Crippen molar-refractivity contribution in [1.29, 1.82) is 5.26 Å². The smallest absolute Gasteiger partial charge is 0.259 e. The summed E-state index contributed by atoms with van der Waals surface area (Å²) in [7, 11) is 1.43. The summed E-state index contributed by atoms with van der Waals surface area (Å²) in [5, 5.41) is 19.8. The number of phenols is 1. The molecule has 0 bridgehead atoms. The highest BCUT2D eigenvalue weighted by Crippen LogP contribution is 2.36. The summed E-state index contributed by atoms with van der Waals surface area (Å²) in [5.41, 5.74) is 0.981. The summed E-state index contributed by atoms with van der Waals surface area (Å²) >= 11 is 3.23. The lowest BCUT2D eigenvalue weighted by Crippen LogP contribution is -2.11. The van der Waals surface area contributed by atoms with Crippen LogP contribution in [0.15, 0.2) is 45.7 Å². The van der Waals surface area contributed by atoms with Gasteiger partial charge in [-0.2, -0.15) is 5.26 Å². The standard InChI is InChI=1S/C18H12BrN3O3/c1-25-15-8-10(7-13(19)16(15)23)6-11(9-20)17-21-14-5-3-2-4-12(14)18(24)22-17/h2-8,23H,1H3,(H,21,22,24). The molecular weight excluding hydrogens is 386 g/mol. The lowest BCUT2D eigenvalue weighted by Gasteiger charge is -2.07. The molecule has 0 fully saturated rings. The zero-order valence-corrected chi connectivity index (χ0v) is 14.7. The van der Waals surface area contributed by atoms with Crippen LogP contribution in [-0.2, 0) is 0 Å². The van der Waals surface area contributed by atoms with E-state index in [1.807, 2.05) is 6.07 Å². The Kier molecular flexibility index (Phi) is 4.55. The Labute approximate surface area is 151 Å². The molecule has 3 rings (SSSR count). The van der Waals surface area contributed by atoms with Gasteiger partial charge in [-0.25, -0.2) is 4.98 Å². The summed E-state index contributed by atoms with van der Waals surface area (Å²) in [6, 6.07) is 12.2. The number of H-pyrrole nitrogens is 1. The van der Waals surface area contributed by atoms with Gasteiger partial charge in [0, 0.05) is 0 Å². The van der Waals surface area contributed by atoms with E-state index in [2.05, 4.69) is 25.9 Å². The molecule has 1 heterocycles. The number of methoxy groups -OCH3 is 1. The van der Waals surface area contributed by atoms with Gasteiger partial charge in [0.1, 0.15) is 6.07 Å². The van der Waals surface area contributed by atoms with E-state index in [0.29, 0.717) is 20.9 Å². The predicted octanol–water partition coefficient (Wildman–Crippen LogP) is 3.46. The molecule has 7 heteroatoms. The molecule has 0 aliphatic carbocycles. The Balaban J connectivity index is 2.15. The number of ether oxygens (including phenoxy) is 1. The summed E-state index contributed by atoms with van der Waals surface area (Å²) in [6.45, 7) is 0. The van der Waals surface area contributed by atoms with Gasteiger partial charge in [-0.3, -0.25) is 4.79 Å². The van der Waals surface area contributed by atoms with E-state index in [1.165, 1.54) is 7.11 Å². The SMILES string of the molecule is COc1cc(C=C(C#N)c2nc3ccccc3c(=O)[nH]2)cc(Br)c1O. The highest BCUT2D eigenvalue weighted by Gasteiger charge is 2.11. The zero-order valence-electron chi connectivity index (χ0n) is 13.1. The normalized spacial score (nSPS) is 11.3. The largest absolute Gasteiger partial charge is 0.503 e. The third kappa shape index (κ3) is 3.25. The minimum atomic E-state index is -0.314. The lowest BCUT2D eigenvalue weighted by atomic mass is 10.1. The molecule has 1 aromatic heterocycles. The molecule has 6 nitrogen and oxygen atoms in total. The van der Waals surface area contributed by atoms with E-state index in [9.17, 15) is 15.2 Å². The topological polar surface area (TPSA) is 99.0 Å². The van der Waals surface area contributed by atoms with Crippen molar-refractivity contribution >= 4 is 38.5 Å². The van der Waals surface area contributed by atoms with Crippen LogP contribution in [0.25, 0.3) is 22.6 Å². The van der Waals surface area contributed by atoms with Crippen LogP contribution in [0.2, 0.25) is 0 Å². The van der Waals surface area contributed by atoms with Crippen molar-refractivity contribution in [3.63, 3.8) is 0 Å². The first kappa shape index (κ1) is 16.7. The number of benzene rings is 2. The van der Waals surface area contributed by atoms with E-state index in [0.717, 1.165) is 0 Å². The van der Waals surface area contributed by atoms with Gasteiger partial charge in [0.15, 0.2) is 17.3 Å². The number of halogens is 1. The van der Waals surface area contributed by atoms with Crippen LogP contribution in [0.1, 0.15) is 11.4 Å². The number of aromatic amines is 1. The number of hydrogen-bond donors (Lipinski definition) is 2. The van der Waals surface area contributed by atoms with E-state index in [4.69, 9.17) is 4.74 Å². The fraction of sp³-hybridized carbons (Fsp3) is 0.0556. The number of para-hydroxylation sites is 1. The monoisotopic (exact) mass is 397 g/mol. The molecular formula is C18H12BrN3O3. The number of rotatable bonds is 3. The van der Waals surface area contributed by atoms with Gasteiger partial charge in [-0.15, -0.1) is 0 Å². The molecule has 25 heavy (non-hydrogen) atoms. The molecule has 0 spiro atoms. The highest BCUT2D eigenvalue weighted by molar-refractivity contribution is 9.10. The third-order valence-electron chi connectivity index (χ3n) is 3.57. The first-order valence-electron chi connectivity index (χ1n) is 7.21. The van der Waals surface area contributed by atoms with Crippen molar-refractivity contribution < 1.29 is 9.84 Å². The minimum Gasteiger partial charge on any atom is -0.503 e. The number of aromatic hydroxyl groups is 1. The molecule has 0 amide bonds. The summed E-state index contributed by atoms with van der Waals surface area (Å²) in [5.74, 6) is 0.405. The Hall–Kier alpha value is -3.11. The number of nitriles is 1. The average Bonchev–Trinajstić information content (AvgIpc) is 2.62. The Morgan fingerprint density at radius 3 is 2.88 bits per heavy atom. The van der Waals surface area contributed by atoms with Gasteiger partial charge in [0.25, 0.3) is 5.56 Å². The Bertz CT molecular complexity index is 1100. The van der Waals surface area contributed by atoms with Crippen LogP contribution in [0.5, 0.6) is 11.5 Å². The van der Waals surface area contributed by atoms with Gasteiger partial charge in [0.05, 0.1) is 28.1 Å². The Morgan fingerprint density at radius 2 is 2.16 bits per heavy atom. The fourth-order valence-electron chi connectivity index (χ4n) is 2.37. The quantitative estimate of drug-likeness (QED) is 0.659. The van der Waals surface area contributed by atoms with Crippen molar-refractivity contribution in [2.45, 2.75) is 0 Å². The second kappa shape index (κ2) is 6.79. The molecule has 124 valence electrons. The van der Waals surface area contributed by atoms with Crippen molar-refractivity contribution in [2.24, 2.45) is 0 Å². The molecule has 2 N–H and O–H groups in total. The van der Waals surface area contributed by atoms with Crippen molar-refractivity contribution in [3.8, 4) is 17.6 Å². The molecule has 0 aliphatic heterocycles. The van der Waals surface area contributed by atoms with Crippen molar-refractivity contribution in [1.82, 2.24) is 9.97 Å². The van der Waals surface area contributed by atoms with E-state index in [1.54, 1.807) is 42.5 Å². The van der Waals surface area contributed by atoms with Gasteiger partial charge in [0.2, 0.25) is 0 Å². The lowest BCUT2D eigenvalue weighted by molar-refractivity contribution is 0.372. The number of nitrogens with zero attached hydrogens (tertiary/aromatic N) is 2. The van der Waals surface area contributed by atoms with Gasteiger partial charge >= 0.3 is 0 Å². The molecule has 0 saturated heterocycles.